The van der Waals surface area contributed by atoms with Gasteiger partial charge in [-0.1, -0.05) is 55.0 Å². The molecule has 1 amide bonds. The second-order valence-corrected chi connectivity index (χ2v) is 6.48. The van der Waals surface area contributed by atoms with Crippen LogP contribution in [0.5, 0.6) is 11.5 Å². The zero-order valence-electron chi connectivity index (χ0n) is 15.8. The van der Waals surface area contributed by atoms with Crippen molar-refractivity contribution in [3.8, 4) is 11.5 Å². The van der Waals surface area contributed by atoms with E-state index >= 15 is 0 Å². The fourth-order valence-corrected chi connectivity index (χ4v) is 2.82. The topological polar surface area (TPSA) is 47.6 Å². The minimum atomic E-state index is -0.506. The van der Waals surface area contributed by atoms with E-state index in [1.807, 2.05) is 68.4 Å². The van der Waals surface area contributed by atoms with Crippen molar-refractivity contribution < 1.29 is 14.3 Å². The summed E-state index contributed by atoms with van der Waals surface area (Å²) in [4.78, 5) is 12.3. The number of carbonyl (C=O) groups excluding carboxylic acids is 1. The van der Waals surface area contributed by atoms with Gasteiger partial charge in [0.15, 0.2) is 6.10 Å². The van der Waals surface area contributed by atoms with E-state index in [2.05, 4.69) is 17.4 Å². The van der Waals surface area contributed by atoms with Crippen LogP contribution in [-0.4, -0.2) is 25.2 Å². The second kappa shape index (κ2) is 9.08. The van der Waals surface area contributed by atoms with E-state index < -0.39 is 6.10 Å². The van der Waals surface area contributed by atoms with Crippen molar-refractivity contribution in [2.75, 3.05) is 13.2 Å². The Morgan fingerprint density at radius 3 is 2.41 bits per heavy atom. The van der Waals surface area contributed by atoms with Crippen LogP contribution in [0.25, 0.3) is 10.8 Å². The van der Waals surface area contributed by atoms with Crippen molar-refractivity contribution in [1.82, 2.24) is 5.32 Å². The quantitative estimate of drug-likeness (QED) is 0.600. The van der Waals surface area contributed by atoms with E-state index in [0.717, 1.165) is 16.7 Å². The summed E-state index contributed by atoms with van der Waals surface area (Å²) in [5.74, 6) is 1.38. The van der Waals surface area contributed by atoms with Gasteiger partial charge < -0.3 is 14.8 Å². The number of ether oxygens (including phenoxy) is 2. The molecular weight excluding hydrogens is 338 g/mol. The molecular formula is C23H25NO3. The van der Waals surface area contributed by atoms with Crippen LogP contribution in [0.1, 0.15) is 18.9 Å². The van der Waals surface area contributed by atoms with Crippen LogP contribution in [0, 0.1) is 6.92 Å². The minimum absolute atomic E-state index is 0.125. The van der Waals surface area contributed by atoms with Crippen LogP contribution in [-0.2, 0) is 4.79 Å². The molecule has 4 heteroatoms. The molecule has 0 radical (unpaired) electrons. The fourth-order valence-electron chi connectivity index (χ4n) is 2.82. The molecule has 0 bridgehead atoms. The molecule has 0 saturated carbocycles. The predicted molar refractivity (Wildman–Crippen MR) is 108 cm³/mol. The lowest BCUT2D eigenvalue weighted by atomic mass is 10.1. The van der Waals surface area contributed by atoms with Crippen molar-refractivity contribution in [1.29, 1.82) is 0 Å². The predicted octanol–water partition coefficient (Wildman–Crippen LogP) is 4.50. The molecule has 0 aromatic heterocycles. The molecule has 1 N–H and O–H groups in total. The molecule has 27 heavy (non-hydrogen) atoms. The van der Waals surface area contributed by atoms with E-state index in [0.29, 0.717) is 25.3 Å². The third kappa shape index (κ3) is 5.23. The summed E-state index contributed by atoms with van der Waals surface area (Å²) < 4.78 is 11.5. The van der Waals surface area contributed by atoms with Crippen molar-refractivity contribution in [2.45, 2.75) is 26.4 Å². The number of hydrogen-bond acceptors (Lipinski definition) is 3. The summed E-state index contributed by atoms with van der Waals surface area (Å²) in [6, 6.07) is 21.8. The van der Waals surface area contributed by atoms with Gasteiger partial charge in [0.2, 0.25) is 0 Å². The Hall–Kier alpha value is -3.01. The van der Waals surface area contributed by atoms with Crippen LogP contribution >= 0.6 is 0 Å². The van der Waals surface area contributed by atoms with Crippen LogP contribution in [0.15, 0.2) is 66.7 Å². The highest BCUT2D eigenvalue weighted by molar-refractivity contribution is 5.83. The molecule has 0 fully saturated rings. The van der Waals surface area contributed by atoms with Crippen molar-refractivity contribution in [2.24, 2.45) is 0 Å². The Kier molecular flexibility index (Phi) is 6.31. The molecule has 0 aliphatic heterocycles. The maximum absolute atomic E-state index is 12.3. The van der Waals surface area contributed by atoms with E-state index in [1.165, 1.54) is 5.39 Å². The van der Waals surface area contributed by atoms with Gasteiger partial charge in [-0.15, -0.1) is 0 Å². The molecule has 3 rings (SSSR count). The SMILES string of the molecule is CC[C@@H](Oc1ccc(C)cc1)C(=O)NCCOc1ccc2ccccc2c1. The smallest absolute Gasteiger partial charge is 0.261 e. The monoisotopic (exact) mass is 363 g/mol. The number of amides is 1. The van der Waals surface area contributed by atoms with Gasteiger partial charge in [0, 0.05) is 0 Å². The summed E-state index contributed by atoms with van der Waals surface area (Å²) in [5, 5.41) is 5.20. The number of benzene rings is 3. The van der Waals surface area contributed by atoms with Crippen molar-refractivity contribution >= 4 is 16.7 Å². The average Bonchev–Trinajstić information content (AvgIpc) is 2.70. The standard InChI is InChI=1S/C23H25NO3/c1-3-22(27-20-11-8-17(2)9-12-20)23(25)24-14-15-26-21-13-10-18-6-4-5-7-19(18)16-21/h4-13,16,22H,3,14-15H2,1-2H3,(H,24,25)/t22-/m1/s1. The number of rotatable bonds is 8. The van der Waals surface area contributed by atoms with Gasteiger partial charge in [0.25, 0.3) is 5.91 Å². The third-order valence-corrected chi connectivity index (χ3v) is 4.35. The average molecular weight is 363 g/mol. The highest BCUT2D eigenvalue weighted by Gasteiger charge is 2.17. The van der Waals surface area contributed by atoms with E-state index in [1.54, 1.807) is 0 Å². The number of hydrogen-bond donors (Lipinski definition) is 1. The molecule has 0 unspecified atom stereocenters. The highest BCUT2D eigenvalue weighted by atomic mass is 16.5. The summed E-state index contributed by atoms with van der Waals surface area (Å²) in [6.07, 6.45) is 0.0963. The normalized spacial score (nSPS) is 11.8. The van der Waals surface area contributed by atoms with Gasteiger partial charge in [0.1, 0.15) is 18.1 Å². The molecule has 0 aliphatic rings. The summed E-state index contributed by atoms with van der Waals surface area (Å²) in [6.45, 7) is 4.79. The lowest BCUT2D eigenvalue weighted by Gasteiger charge is -2.17. The van der Waals surface area contributed by atoms with Gasteiger partial charge in [-0.25, -0.2) is 0 Å². The Morgan fingerprint density at radius 1 is 0.963 bits per heavy atom. The lowest BCUT2D eigenvalue weighted by molar-refractivity contribution is -0.128. The Morgan fingerprint density at radius 2 is 1.67 bits per heavy atom. The lowest BCUT2D eigenvalue weighted by Crippen LogP contribution is -2.39. The fraction of sp³-hybridized carbons (Fsp3) is 0.261. The van der Waals surface area contributed by atoms with Crippen molar-refractivity contribution in [3.63, 3.8) is 0 Å². The second-order valence-electron chi connectivity index (χ2n) is 6.48. The molecule has 3 aromatic carbocycles. The Labute approximate surface area is 160 Å². The number of nitrogens with one attached hydrogen (secondary N) is 1. The van der Waals surface area contributed by atoms with E-state index in [9.17, 15) is 4.79 Å². The van der Waals surface area contributed by atoms with Crippen LogP contribution in [0.2, 0.25) is 0 Å². The first kappa shape index (κ1) is 18.8. The first-order valence-electron chi connectivity index (χ1n) is 9.28. The number of aryl methyl sites for hydroxylation is 1. The van der Waals surface area contributed by atoms with Gasteiger partial charge in [0.05, 0.1) is 6.54 Å². The van der Waals surface area contributed by atoms with Gasteiger partial charge in [-0.2, -0.15) is 0 Å². The van der Waals surface area contributed by atoms with E-state index in [4.69, 9.17) is 9.47 Å². The summed E-state index contributed by atoms with van der Waals surface area (Å²) in [5.41, 5.74) is 1.16. The minimum Gasteiger partial charge on any atom is -0.492 e. The number of carbonyl (C=O) groups is 1. The van der Waals surface area contributed by atoms with Crippen LogP contribution in [0.4, 0.5) is 0 Å². The first-order chi connectivity index (χ1) is 13.2. The summed E-state index contributed by atoms with van der Waals surface area (Å²) in [7, 11) is 0. The zero-order chi connectivity index (χ0) is 19.1. The van der Waals surface area contributed by atoms with Gasteiger partial charge in [-0.3, -0.25) is 4.79 Å². The zero-order valence-corrected chi connectivity index (χ0v) is 15.8. The van der Waals surface area contributed by atoms with Crippen LogP contribution in [0.3, 0.4) is 0 Å². The molecule has 0 heterocycles. The maximum atomic E-state index is 12.3. The van der Waals surface area contributed by atoms with E-state index in [-0.39, 0.29) is 5.91 Å². The maximum Gasteiger partial charge on any atom is 0.261 e. The molecule has 4 nitrogen and oxygen atoms in total. The Bertz CT molecular complexity index is 890. The molecule has 140 valence electrons. The van der Waals surface area contributed by atoms with Gasteiger partial charge >= 0.3 is 0 Å². The van der Waals surface area contributed by atoms with Crippen molar-refractivity contribution in [3.05, 3.63) is 72.3 Å². The first-order valence-corrected chi connectivity index (χ1v) is 9.28. The third-order valence-electron chi connectivity index (χ3n) is 4.35. The molecule has 0 aliphatic carbocycles. The Balaban J connectivity index is 1.46. The van der Waals surface area contributed by atoms with Gasteiger partial charge in [-0.05, 0) is 48.4 Å². The molecule has 0 saturated heterocycles. The highest BCUT2D eigenvalue weighted by Crippen LogP contribution is 2.20. The molecule has 0 spiro atoms. The molecule has 1 atom stereocenters. The van der Waals surface area contributed by atoms with Crippen LogP contribution < -0.4 is 14.8 Å². The summed E-state index contributed by atoms with van der Waals surface area (Å²) >= 11 is 0. The number of fused-ring (bicyclic) bond motifs is 1. The largest absolute Gasteiger partial charge is 0.492 e. The molecule has 3 aromatic rings.